The molecule has 1 aromatic heterocycles. The molecule has 1 N–H and O–H groups in total. The van der Waals surface area contributed by atoms with E-state index in [1.807, 2.05) is 17.0 Å². The van der Waals surface area contributed by atoms with Crippen LogP contribution < -0.4 is 0 Å². The van der Waals surface area contributed by atoms with Crippen LogP contribution in [0.15, 0.2) is 24.5 Å². The van der Waals surface area contributed by atoms with Crippen LogP contribution in [-0.4, -0.2) is 40.1 Å². The molecule has 1 fully saturated rings. The molecule has 0 unspecified atom stereocenters. The van der Waals surface area contributed by atoms with Crippen molar-refractivity contribution < 1.29 is 9.90 Å². The van der Waals surface area contributed by atoms with Gasteiger partial charge >= 0.3 is 0 Å². The minimum Gasteiger partial charge on any atom is -0.394 e. The van der Waals surface area contributed by atoms with Gasteiger partial charge in [-0.25, -0.2) is 0 Å². The molecule has 92 valence electrons. The number of hydrogen-bond donors (Lipinski definition) is 1. The number of amides is 1. The standard InChI is InChI=1S/C13H18N2O2/c16-10-12-2-1-9-15(12)13(17)4-3-11-5-7-14-8-6-11/h5-8,12,16H,1-4,9-10H2/t12-/m1/s1. The molecule has 0 saturated carbocycles. The third-order valence-corrected chi connectivity index (χ3v) is 3.29. The largest absolute Gasteiger partial charge is 0.394 e. The smallest absolute Gasteiger partial charge is 0.223 e. The van der Waals surface area contributed by atoms with E-state index in [4.69, 9.17) is 5.11 Å². The number of aromatic nitrogens is 1. The lowest BCUT2D eigenvalue weighted by molar-refractivity contribution is -0.132. The summed E-state index contributed by atoms with van der Waals surface area (Å²) in [6.07, 6.45) is 6.68. The second kappa shape index (κ2) is 5.77. The van der Waals surface area contributed by atoms with Gasteiger partial charge in [-0.15, -0.1) is 0 Å². The van der Waals surface area contributed by atoms with Gasteiger partial charge in [-0.05, 0) is 37.0 Å². The Hall–Kier alpha value is -1.42. The van der Waals surface area contributed by atoms with Crippen molar-refractivity contribution in [2.75, 3.05) is 13.2 Å². The minimum absolute atomic E-state index is 0.0416. The highest BCUT2D eigenvalue weighted by molar-refractivity contribution is 5.77. The summed E-state index contributed by atoms with van der Waals surface area (Å²) in [5.41, 5.74) is 1.13. The molecule has 1 atom stereocenters. The van der Waals surface area contributed by atoms with Gasteiger partial charge in [-0.1, -0.05) is 0 Å². The second-order valence-electron chi connectivity index (χ2n) is 4.42. The van der Waals surface area contributed by atoms with Gasteiger partial charge in [-0.2, -0.15) is 0 Å². The summed E-state index contributed by atoms with van der Waals surface area (Å²) in [5.74, 6) is 0.151. The number of nitrogens with zero attached hydrogens (tertiary/aromatic N) is 2. The number of pyridine rings is 1. The second-order valence-corrected chi connectivity index (χ2v) is 4.42. The molecule has 17 heavy (non-hydrogen) atoms. The fourth-order valence-corrected chi connectivity index (χ4v) is 2.30. The summed E-state index contributed by atoms with van der Waals surface area (Å²) in [6, 6.07) is 3.90. The summed E-state index contributed by atoms with van der Waals surface area (Å²) < 4.78 is 0. The molecular formula is C13H18N2O2. The van der Waals surface area contributed by atoms with Gasteiger partial charge in [0.15, 0.2) is 0 Å². The fraction of sp³-hybridized carbons (Fsp3) is 0.538. The van der Waals surface area contributed by atoms with E-state index in [1.54, 1.807) is 12.4 Å². The van der Waals surface area contributed by atoms with Gasteiger partial charge in [0.05, 0.1) is 12.6 Å². The number of rotatable bonds is 4. The Kier molecular flexibility index (Phi) is 4.09. The molecule has 0 spiro atoms. The molecule has 0 aromatic carbocycles. The number of aryl methyl sites for hydroxylation is 1. The summed E-state index contributed by atoms with van der Waals surface area (Å²) >= 11 is 0. The van der Waals surface area contributed by atoms with Crippen molar-refractivity contribution in [1.82, 2.24) is 9.88 Å². The van der Waals surface area contributed by atoms with E-state index in [0.29, 0.717) is 6.42 Å². The highest BCUT2D eigenvalue weighted by Crippen LogP contribution is 2.18. The Morgan fingerprint density at radius 2 is 2.24 bits per heavy atom. The average molecular weight is 234 g/mol. The highest BCUT2D eigenvalue weighted by atomic mass is 16.3. The molecule has 1 aromatic rings. The maximum atomic E-state index is 12.0. The van der Waals surface area contributed by atoms with E-state index in [1.165, 1.54) is 0 Å². The molecule has 0 bridgehead atoms. The molecule has 0 aliphatic carbocycles. The lowest BCUT2D eigenvalue weighted by atomic mass is 10.1. The van der Waals surface area contributed by atoms with Crippen LogP contribution in [-0.2, 0) is 11.2 Å². The minimum atomic E-state index is 0.0416. The summed E-state index contributed by atoms with van der Waals surface area (Å²) in [5, 5.41) is 9.17. The van der Waals surface area contributed by atoms with Crippen LogP contribution in [0.2, 0.25) is 0 Å². The van der Waals surface area contributed by atoms with Crippen molar-refractivity contribution in [2.45, 2.75) is 31.7 Å². The zero-order valence-electron chi connectivity index (χ0n) is 9.88. The van der Waals surface area contributed by atoms with E-state index in [2.05, 4.69) is 4.98 Å². The molecule has 1 amide bonds. The molecule has 1 saturated heterocycles. The van der Waals surface area contributed by atoms with Crippen LogP contribution in [0, 0.1) is 0 Å². The number of hydrogen-bond acceptors (Lipinski definition) is 3. The van der Waals surface area contributed by atoms with Gasteiger partial charge in [-0.3, -0.25) is 9.78 Å². The topological polar surface area (TPSA) is 53.4 Å². The molecule has 2 heterocycles. The van der Waals surface area contributed by atoms with Crippen LogP contribution in [0.3, 0.4) is 0 Å². The number of carbonyl (C=O) groups is 1. The first-order chi connectivity index (χ1) is 8.31. The Labute approximate surface area is 101 Å². The van der Waals surface area contributed by atoms with Gasteiger partial charge in [0.2, 0.25) is 5.91 Å². The van der Waals surface area contributed by atoms with Gasteiger partial charge in [0, 0.05) is 25.4 Å². The van der Waals surface area contributed by atoms with Gasteiger partial charge in [0.25, 0.3) is 0 Å². The maximum absolute atomic E-state index is 12.0. The van der Waals surface area contributed by atoms with E-state index >= 15 is 0 Å². The summed E-state index contributed by atoms with van der Waals surface area (Å²) in [4.78, 5) is 17.8. The lowest BCUT2D eigenvalue weighted by Crippen LogP contribution is -2.37. The van der Waals surface area contributed by atoms with Gasteiger partial charge < -0.3 is 10.0 Å². The Bertz CT molecular complexity index is 367. The molecule has 1 aliphatic heterocycles. The SMILES string of the molecule is O=C(CCc1ccncc1)N1CCC[C@@H]1CO. The summed E-state index contributed by atoms with van der Waals surface area (Å²) in [6.45, 7) is 0.876. The fourth-order valence-electron chi connectivity index (χ4n) is 2.30. The first-order valence-corrected chi connectivity index (χ1v) is 6.10. The van der Waals surface area contributed by atoms with Crippen molar-refractivity contribution in [1.29, 1.82) is 0 Å². The Morgan fingerprint density at radius 1 is 1.47 bits per heavy atom. The first-order valence-electron chi connectivity index (χ1n) is 6.10. The third-order valence-electron chi connectivity index (χ3n) is 3.29. The number of aliphatic hydroxyl groups excluding tert-OH is 1. The van der Waals surface area contributed by atoms with Crippen LogP contribution in [0.5, 0.6) is 0 Å². The van der Waals surface area contributed by atoms with Crippen LogP contribution in [0.4, 0.5) is 0 Å². The van der Waals surface area contributed by atoms with E-state index in [0.717, 1.165) is 31.4 Å². The zero-order valence-corrected chi connectivity index (χ0v) is 9.88. The number of likely N-dealkylation sites (tertiary alicyclic amines) is 1. The molecular weight excluding hydrogens is 216 g/mol. The molecule has 4 nitrogen and oxygen atoms in total. The first kappa shape index (κ1) is 12.0. The molecule has 0 radical (unpaired) electrons. The quantitative estimate of drug-likeness (QED) is 0.845. The normalized spacial score (nSPS) is 19.6. The number of aliphatic hydroxyl groups is 1. The van der Waals surface area contributed by atoms with Crippen molar-refractivity contribution in [3.8, 4) is 0 Å². The molecule has 4 heteroatoms. The van der Waals surface area contributed by atoms with Crippen molar-refractivity contribution in [3.05, 3.63) is 30.1 Å². The Balaban J connectivity index is 1.85. The third kappa shape index (κ3) is 3.03. The number of carbonyl (C=O) groups excluding carboxylic acids is 1. The van der Waals surface area contributed by atoms with Crippen LogP contribution in [0.1, 0.15) is 24.8 Å². The van der Waals surface area contributed by atoms with Crippen molar-refractivity contribution >= 4 is 5.91 Å². The molecule has 1 aliphatic rings. The van der Waals surface area contributed by atoms with Gasteiger partial charge in [0.1, 0.15) is 0 Å². The average Bonchev–Trinajstić information content (AvgIpc) is 2.85. The summed E-state index contributed by atoms with van der Waals surface area (Å²) in [7, 11) is 0. The monoisotopic (exact) mass is 234 g/mol. The Morgan fingerprint density at radius 3 is 2.94 bits per heavy atom. The lowest BCUT2D eigenvalue weighted by Gasteiger charge is -2.22. The predicted molar refractivity (Wildman–Crippen MR) is 64.4 cm³/mol. The molecule has 2 rings (SSSR count). The van der Waals surface area contributed by atoms with Crippen molar-refractivity contribution in [3.63, 3.8) is 0 Å². The van der Waals surface area contributed by atoms with Crippen molar-refractivity contribution in [2.24, 2.45) is 0 Å². The highest BCUT2D eigenvalue weighted by Gasteiger charge is 2.27. The zero-order chi connectivity index (χ0) is 12.1. The van der Waals surface area contributed by atoms with E-state index in [9.17, 15) is 4.79 Å². The van der Waals surface area contributed by atoms with Crippen LogP contribution >= 0.6 is 0 Å². The van der Waals surface area contributed by atoms with E-state index in [-0.39, 0.29) is 18.6 Å². The van der Waals surface area contributed by atoms with Crippen LogP contribution in [0.25, 0.3) is 0 Å². The maximum Gasteiger partial charge on any atom is 0.223 e. The predicted octanol–water partition coefficient (Wildman–Crippen LogP) is 0.998. The van der Waals surface area contributed by atoms with E-state index < -0.39 is 0 Å².